The van der Waals surface area contributed by atoms with Gasteiger partial charge in [0.15, 0.2) is 0 Å². The molecule has 1 nitrogen and oxygen atoms in total. The van der Waals surface area contributed by atoms with Crippen LogP contribution in [0.1, 0.15) is 24.2 Å². The highest BCUT2D eigenvalue weighted by molar-refractivity contribution is 7.99. The molecule has 1 rings (SSSR count). The van der Waals surface area contributed by atoms with Gasteiger partial charge in [-0.2, -0.15) is 0 Å². The lowest BCUT2D eigenvalue weighted by Crippen LogP contribution is -1.95. The Hall–Kier alpha value is -0.470. The van der Waals surface area contributed by atoms with Gasteiger partial charge >= 0.3 is 0 Å². The van der Waals surface area contributed by atoms with Crippen LogP contribution in [0.25, 0.3) is 0 Å². The van der Waals surface area contributed by atoms with Gasteiger partial charge in [0.2, 0.25) is 0 Å². The van der Waals surface area contributed by atoms with Crippen molar-refractivity contribution >= 4 is 28.6 Å². The molecule has 0 bridgehead atoms. The van der Waals surface area contributed by atoms with Gasteiger partial charge in [-0.1, -0.05) is 26.0 Å². The number of benzene rings is 1. The fourth-order valence-electron chi connectivity index (χ4n) is 1.01. The first kappa shape index (κ1) is 11.6. The molecule has 1 aromatic rings. The molecular weight excluding hydrogens is 216 g/mol. The Kier molecular flexibility index (Phi) is 4.49. The molecule has 0 aliphatic rings. The van der Waals surface area contributed by atoms with Crippen molar-refractivity contribution in [1.82, 2.24) is 0 Å². The summed E-state index contributed by atoms with van der Waals surface area (Å²) in [5.41, 5.74) is 0.611. The molecule has 0 saturated heterocycles. The van der Waals surface area contributed by atoms with Crippen LogP contribution in [0.3, 0.4) is 0 Å². The number of hydrogen-bond acceptors (Lipinski definition) is 2. The van der Waals surface area contributed by atoms with Crippen molar-refractivity contribution in [3.63, 3.8) is 0 Å². The molecule has 0 aliphatic heterocycles. The molecule has 0 N–H and O–H groups in total. The second-order valence-electron chi connectivity index (χ2n) is 3.47. The Morgan fingerprint density at radius 3 is 2.64 bits per heavy atom. The maximum absolute atomic E-state index is 11.1. The second kappa shape index (κ2) is 5.42. The molecule has 0 unspecified atom stereocenters. The normalized spacial score (nSPS) is 10.6. The van der Waals surface area contributed by atoms with E-state index in [0.29, 0.717) is 11.5 Å². The predicted molar refractivity (Wildman–Crippen MR) is 62.2 cm³/mol. The zero-order valence-electron chi connectivity index (χ0n) is 8.29. The summed E-state index contributed by atoms with van der Waals surface area (Å²) in [5, 5.41) is -0.378. The molecule has 76 valence electrons. The smallest absolute Gasteiger partial charge is 0.253 e. The molecule has 14 heavy (non-hydrogen) atoms. The van der Waals surface area contributed by atoms with Crippen molar-refractivity contribution in [1.29, 1.82) is 0 Å². The Morgan fingerprint density at radius 1 is 1.43 bits per heavy atom. The molecular formula is C11H13ClOS. The molecule has 0 heterocycles. The van der Waals surface area contributed by atoms with Gasteiger partial charge in [-0.3, -0.25) is 4.79 Å². The van der Waals surface area contributed by atoms with Gasteiger partial charge in [-0.25, -0.2) is 0 Å². The van der Waals surface area contributed by atoms with Gasteiger partial charge in [-0.05, 0) is 29.7 Å². The van der Waals surface area contributed by atoms with Crippen LogP contribution in [0.4, 0.5) is 0 Å². The van der Waals surface area contributed by atoms with Gasteiger partial charge in [0.25, 0.3) is 5.24 Å². The third kappa shape index (κ3) is 3.35. The van der Waals surface area contributed by atoms with E-state index in [9.17, 15) is 4.79 Å². The van der Waals surface area contributed by atoms with Crippen LogP contribution in [-0.2, 0) is 0 Å². The van der Waals surface area contributed by atoms with E-state index in [1.165, 1.54) is 0 Å². The summed E-state index contributed by atoms with van der Waals surface area (Å²) in [6, 6.07) is 7.45. The number of thioether (sulfide) groups is 1. The second-order valence-corrected chi connectivity index (χ2v) is 4.88. The minimum absolute atomic E-state index is 0.378. The molecule has 0 aromatic heterocycles. The van der Waals surface area contributed by atoms with Crippen LogP contribution in [0.5, 0.6) is 0 Å². The zero-order valence-corrected chi connectivity index (χ0v) is 9.86. The standard InChI is InChI=1S/C11H13ClOS/c1-8(2)7-14-10-6-4-3-5-9(10)11(12)13/h3-6,8H,7H2,1-2H3. The van der Waals surface area contributed by atoms with E-state index in [1.54, 1.807) is 17.8 Å². The summed E-state index contributed by atoms with van der Waals surface area (Å²) in [6.07, 6.45) is 0. The van der Waals surface area contributed by atoms with E-state index >= 15 is 0 Å². The van der Waals surface area contributed by atoms with Crippen LogP contribution in [0.2, 0.25) is 0 Å². The lowest BCUT2D eigenvalue weighted by atomic mass is 10.2. The third-order valence-corrected chi connectivity index (χ3v) is 3.37. The molecule has 0 atom stereocenters. The van der Waals surface area contributed by atoms with E-state index < -0.39 is 0 Å². The highest BCUT2D eigenvalue weighted by Crippen LogP contribution is 2.25. The highest BCUT2D eigenvalue weighted by atomic mass is 35.5. The van der Waals surface area contributed by atoms with E-state index in [2.05, 4.69) is 13.8 Å². The lowest BCUT2D eigenvalue weighted by molar-refractivity contribution is 0.107. The summed E-state index contributed by atoms with van der Waals surface area (Å²) in [6.45, 7) is 4.30. The number of carbonyl (C=O) groups excluding carboxylic acids is 1. The van der Waals surface area contributed by atoms with Crippen LogP contribution in [-0.4, -0.2) is 11.0 Å². The first-order valence-corrected chi connectivity index (χ1v) is 5.89. The Bertz CT molecular complexity index is 323. The van der Waals surface area contributed by atoms with Gasteiger partial charge in [0, 0.05) is 16.2 Å². The summed E-state index contributed by atoms with van der Waals surface area (Å²) in [5.74, 6) is 1.61. The molecule has 0 fully saturated rings. The van der Waals surface area contributed by atoms with Crippen molar-refractivity contribution in [2.75, 3.05) is 5.75 Å². The topological polar surface area (TPSA) is 17.1 Å². The van der Waals surface area contributed by atoms with E-state index in [4.69, 9.17) is 11.6 Å². The number of hydrogen-bond donors (Lipinski definition) is 0. The summed E-state index contributed by atoms with van der Waals surface area (Å²) in [7, 11) is 0. The van der Waals surface area contributed by atoms with Crippen LogP contribution < -0.4 is 0 Å². The summed E-state index contributed by atoms with van der Waals surface area (Å²) >= 11 is 7.15. The molecule has 0 saturated carbocycles. The van der Waals surface area contributed by atoms with Crippen molar-refractivity contribution in [3.8, 4) is 0 Å². The average molecular weight is 229 g/mol. The highest BCUT2D eigenvalue weighted by Gasteiger charge is 2.08. The van der Waals surface area contributed by atoms with E-state index in [-0.39, 0.29) is 5.24 Å². The van der Waals surface area contributed by atoms with Crippen molar-refractivity contribution < 1.29 is 4.79 Å². The van der Waals surface area contributed by atoms with Crippen LogP contribution in [0, 0.1) is 5.92 Å². The zero-order chi connectivity index (χ0) is 10.6. The van der Waals surface area contributed by atoms with Gasteiger partial charge < -0.3 is 0 Å². The molecule has 0 aliphatic carbocycles. The van der Waals surface area contributed by atoms with Crippen LogP contribution >= 0.6 is 23.4 Å². The molecule has 0 amide bonds. The van der Waals surface area contributed by atoms with Crippen molar-refractivity contribution in [3.05, 3.63) is 29.8 Å². The predicted octanol–water partition coefficient (Wildman–Crippen LogP) is 3.81. The van der Waals surface area contributed by atoms with Crippen molar-refractivity contribution in [2.45, 2.75) is 18.7 Å². The molecule has 0 radical (unpaired) electrons. The molecule has 1 aromatic carbocycles. The first-order chi connectivity index (χ1) is 6.61. The third-order valence-electron chi connectivity index (χ3n) is 1.67. The Morgan fingerprint density at radius 2 is 2.07 bits per heavy atom. The van der Waals surface area contributed by atoms with E-state index in [0.717, 1.165) is 10.6 Å². The first-order valence-electron chi connectivity index (χ1n) is 4.53. The van der Waals surface area contributed by atoms with Gasteiger partial charge in [-0.15, -0.1) is 11.8 Å². The van der Waals surface area contributed by atoms with Crippen molar-refractivity contribution in [2.24, 2.45) is 5.92 Å². The quantitative estimate of drug-likeness (QED) is 0.576. The Balaban J connectivity index is 2.79. The number of halogens is 1. The largest absolute Gasteiger partial charge is 0.276 e. The monoisotopic (exact) mass is 228 g/mol. The minimum atomic E-state index is -0.378. The fourth-order valence-corrected chi connectivity index (χ4v) is 2.24. The van der Waals surface area contributed by atoms with Gasteiger partial charge in [0.1, 0.15) is 0 Å². The summed E-state index contributed by atoms with van der Waals surface area (Å²) < 4.78 is 0. The molecule has 3 heteroatoms. The minimum Gasteiger partial charge on any atom is -0.276 e. The maximum atomic E-state index is 11.1. The summed E-state index contributed by atoms with van der Waals surface area (Å²) in [4.78, 5) is 12.0. The SMILES string of the molecule is CC(C)CSc1ccccc1C(=O)Cl. The Labute approximate surface area is 93.8 Å². The van der Waals surface area contributed by atoms with E-state index in [1.807, 2.05) is 18.2 Å². The number of carbonyl (C=O) groups is 1. The lowest BCUT2D eigenvalue weighted by Gasteiger charge is -2.07. The fraction of sp³-hybridized carbons (Fsp3) is 0.364. The number of rotatable bonds is 4. The maximum Gasteiger partial charge on any atom is 0.253 e. The van der Waals surface area contributed by atoms with Crippen LogP contribution in [0.15, 0.2) is 29.2 Å². The molecule has 0 spiro atoms. The average Bonchev–Trinajstić information content (AvgIpc) is 2.15. The van der Waals surface area contributed by atoms with Gasteiger partial charge in [0.05, 0.1) is 0 Å².